The zero-order valence-electron chi connectivity index (χ0n) is 5.46. The number of aromatic nitrogens is 1. The normalized spacial score (nSPS) is 17.0. The quantitative estimate of drug-likeness (QED) is 0.529. The average Bonchev–Trinajstić information content (AvgIpc) is 2.33. The molecule has 1 heterocycles. The zero-order chi connectivity index (χ0) is 6.97. The van der Waals surface area contributed by atoms with Gasteiger partial charge in [0, 0.05) is 12.0 Å². The molecule has 1 aromatic heterocycles. The van der Waals surface area contributed by atoms with E-state index in [2.05, 4.69) is 5.16 Å². The van der Waals surface area contributed by atoms with Crippen molar-refractivity contribution in [1.29, 1.82) is 0 Å². The van der Waals surface area contributed by atoms with Crippen molar-refractivity contribution in [3.05, 3.63) is 17.5 Å². The van der Waals surface area contributed by atoms with E-state index < -0.39 is 0 Å². The summed E-state index contributed by atoms with van der Waals surface area (Å²) >= 11 is 0. The predicted molar refractivity (Wildman–Crippen MR) is 33.5 cm³/mol. The van der Waals surface area contributed by atoms with Crippen molar-refractivity contribution < 1.29 is 9.32 Å². The van der Waals surface area contributed by atoms with Crippen molar-refractivity contribution in [1.82, 2.24) is 5.16 Å². The van der Waals surface area contributed by atoms with E-state index in [1.807, 2.05) is 0 Å². The Balaban J connectivity index is 2.39. The highest BCUT2D eigenvalue weighted by molar-refractivity contribution is 5.82. The Morgan fingerprint density at radius 1 is 1.50 bits per heavy atom. The van der Waals surface area contributed by atoms with Crippen molar-refractivity contribution >= 4 is 5.78 Å². The molecule has 0 saturated heterocycles. The van der Waals surface area contributed by atoms with E-state index in [9.17, 15) is 4.79 Å². The summed E-state index contributed by atoms with van der Waals surface area (Å²) in [6.07, 6.45) is 3.54. The Morgan fingerprint density at radius 2 is 2.40 bits per heavy atom. The van der Waals surface area contributed by atoms with Crippen LogP contribution in [0, 0.1) is 0 Å². The predicted octanol–water partition coefficient (Wildman–Crippen LogP) is 0.732. The molecular weight excluding hydrogens is 130 g/mol. The molecule has 0 N–H and O–H groups in total. The summed E-state index contributed by atoms with van der Waals surface area (Å²) in [7, 11) is 0. The van der Waals surface area contributed by atoms with Crippen LogP contribution >= 0.6 is 0 Å². The molecule has 3 nitrogen and oxygen atoms in total. The van der Waals surface area contributed by atoms with E-state index in [0.29, 0.717) is 12.8 Å². The second-order valence-corrected chi connectivity index (χ2v) is 2.50. The van der Waals surface area contributed by atoms with Crippen LogP contribution in [0.2, 0.25) is 0 Å². The highest BCUT2D eigenvalue weighted by Crippen LogP contribution is 2.16. The van der Waals surface area contributed by atoms with Gasteiger partial charge in [-0.25, -0.2) is 0 Å². The summed E-state index contributed by atoms with van der Waals surface area (Å²) in [5.74, 6) is 0.265. The van der Waals surface area contributed by atoms with Crippen molar-refractivity contribution in [3.63, 3.8) is 0 Å². The fraction of sp³-hybridized carbons (Fsp3) is 0.429. The van der Waals surface area contributed by atoms with Crippen LogP contribution in [0.4, 0.5) is 0 Å². The van der Waals surface area contributed by atoms with Crippen molar-refractivity contribution in [3.8, 4) is 0 Å². The minimum absolute atomic E-state index is 0.265. The largest absolute Gasteiger partial charge is 0.364 e. The number of Topliss-reactive ketones (excluding diaryl/α,β-unsaturated/α-hetero) is 1. The Kier molecular flexibility index (Phi) is 1.09. The smallest absolute Gasteiger partial charge is 0.139 e. The lowest BCUT2D eigenvalue weighted by Gasteiger charge is -2.05. The molecule has 1 aromatic rings. The summed E-state index contributed by atoms with van der Waals surface area (Å²) in [5.41, 5.74) is 1.93. The number of nitrogens with zero attached hydrogens (tertiary/aromatic N) is 1. The molecule has 0 fully saturated rings. The lowest BCUT2D eigenvalue weighted by Crippen LogP contribution is -2.11. The summed E-state index contributed by atoms with van der Waals surface area (Å²) in [5, 5.41) is 3.71. The summed E-state index contributed by atoms with van der Waals surface area (Å²) in [6.45, 7) is 0. The first-order chi connectivity index (χ1) is 4.86. The fourth-order valence-electron chi connectivity index (χ4n) is 1.18. The van der Waals surface area contributed by atoms with Crippen LogP contribution in [0.5, 0.6) is 0 Å². The molecule has 0 saturated carbocycles. The van der Waals surface area contributed by atoms with Gasteiger partial charge in [0.05, 0.1) is 12.1 Å². The molecule has 0 radical (unpaired) electrons. The molecule has 52 valence electrons. The van der Waals surface area contributed by atoms with E-state index in [-0.39, 0.29) is 5.78 Å². The second kappa shape index (κ2) is 1.94. The van der Waals surface area contributed by atoms with Crippen molar-refractivity contribution in [2.45, 2.75) is 19.3 Å². The first kappa shape index (κ1) is 5.65. The minimum atomic E-state index is 0.265. The van der Waals surface area contributed by atoms with Gasteiger partial charge in [-0.1, -0.05) is 5.16 Å². The topological polar surface area (TPSA) is 43.1 Å². The monoisotopic (exact) mass is 137 g/mol. The van der Waals surface area contributed by atoms with Gasteiger partial charge in [-0.2, -0.15) is 0 Å². The number of ketones is 1. The van der Waals surface area contributed by atoms with Crippen LogP contribution in [0.1, 0.15) is 17.7 Å². The third kappa shape index (κ3) is 0.744. The highest BCUT2D eigenvalue weighted by atomic mass is 16.5. The van der Waals surface area contributed by atoms with Crippen molar-refractivity contribution in [2.75, 3.05) is 0 Å². The summed E-state index contributed by atoms with van der Waals surface area (Å²) < 4.78 is 4.71. The van der Waals surface area contributed by atoms with Gasteiger partial charge in [-0.15, -0.1) is 0 Å². The Hall–Kier alpha value is -1.12. The molecule has 0 atom stereocenters. The Labute approximate surface area is 58.0 Å². The van der Waals surface area contributed by atoms with Gasteiger partial charge >= 0.3 is 0 Å². The minimum Gasteiger partial charge on any atom is -0.364 e. The highest BCUT2D eigenvalue weighted by Gasteiger charge is 2.18. The second-order valence-electron chi connectivity index (χ2n) is 2.50. The number of hydrogen-bond donors (Lipinski definition) is 0. The fourth-order valence-corrected chi connectivity index (χ4v) is 1.18. The van der Waals surface area contributed by atoms with Gasteiger partial charge in [-0.05, 0) is 6.42 Å². The SMILES string of the molecule is O=C1CCc2conc2C1. The van der Waals surface area contributed by atoms with Crippen LogP contribution < -0.4 is 0 Å². The molecule has 3 heteroatoms. The van der Waals surface area contributed by atoms with Crippen molar-refractivity contribution in [2.24, 2.45) is 0 Å². The molecule has 0 aromatic carbocycles. The number of carbonyl (C=O) groups is 1. The van der Waals surface area contributed by atoms with Crippen LogP contribution in [0.25, 0.3) is 0 Å². The molecule has 1 aliphatic carbocycles. The lowest BCUT2D eigenvalue weighted by atomic mass is 9.97. The average molecular weight is 137 g/mol. The number of aryl methyl sites for hydroxylation is 1. The number of hydrogen-bond acceptors (Lipinski definition) is 3. The summed E-state index contributed by atoms with van der Waals surface area (Å²) in [6, 6.07) is 0. The van der Waals surface area contributed by atoms with E-state index in [1.54, 1.807) is 6.26 Å². The molecule has 2 rings (SSSR count). The van der Waals surface area contributed by atoms with Crippen LogP contribution in [-0.2, 0) is 17.6 Å². The maximum Gasteiger partial charge on any atom is 0.139 e. The van der Waals surface area contributed by atoms with Crippen LogP contribution in [0.15, 0.2) is 10.8 Å². The molecule has 0 amide bonds. The summed E-state index contributed by atoms with van der Waals surface area (Å²) in [4.78, 5) is 10.8. The Bertz CT molecular complexity index is 264. The van der Waals surface area contributed by atoms with Gasteiger partial charge < -0.3 is 4.52 Å². The molecular formula is C7H7NO2. The number of fused-ring (bicyclic) bond motifs is 1. The van der Waals surface area contributed by atoms with E-state index in [0.717, 1.165) is 17.7 Å². The standard InChI is InChI=1S/C7H7NO2/c9-6-2-1-5-4-10-8-7(5)3-6/h4H,1-3H2. The number of rotatable bonds is 0. The van der Waals surface area contributed by atoms with Gasteiger partial charge in [0.1, 0.15) is 12.0 Å². The van der Waals surface area contributed by atoms with Gasteiger partial charge in [0.2, 0.25) is 0 Å². The first-order valence-electron chi connectivity index (χ1n) is 3.30. The first-order valence-corrected chi connectivity index (χ1v) is 3.30. The molecule has 10 heavy (non-hydrogen) atoms. The molecule has 0 spiro atoms. The third-order valence-corrected chi connectivity index (χ3v) is 1.77. The third-order valence-electron chi connectivity index (χ3n) is 1.77. The number of carbonyl (C=O) groups excluding carboxylic acids is 1. The van der Waals surface area contributed by atoms with Gasteiger partial charge in [0.15, 0.2) is 0 Å². The van der Waals surface area contributed by atoms with E-state index >= 15 is 0 Å². The molecule has 0 unspecified atom stereocenters. The Morgan fingerprint density at radius 3 is 3.30 bits per heavy atom. The molecule has 0 bridgehead atoms. The van der Waals surface area contributed by atoms with Crippen LogP contribution in [0.3, 0.4) is 0 Å². The molecule has 1 aliphatic rings. The maximum atomic E-state index is 10.8. The van der Waals surface area contributed by atoms with E-state index in [4.69, 9.17) is 4.52 Å². The molecule has 0 aliphatic heterocycles. The van der Waals surface area contributed by atoms with Gasteiger partial charge in [-0.3, -0.25) is 4.79 Å². The van der Waals surface area contributed by atoms with E-state index in [1.165, 1.54) is 0 Å². The zero-order valence-corrected chi connectivity index (χ0v) is 5.46. The lowest BCUT2D eigenvalue weighted by molar-refractivity contribution is -0.118. The van der Waals surface area contributed by atoms with Gasteiger partial charge in [0.25, 0.3) is 0 Å². The maximum absolute atomic E-state index is 10.8. The van der Waals surface area contributed by atoms with Crippen LogP contribution in [-0.4, -0.2) is 10.9 Å².